The van der Waals surface area contributed by atoms with E-state index in [0.29, 0.717) is 11.7 Å². The third-order valence-electron chi connectivity index (χ3n) is 5.73. The van der Waals surface area contributed by atoms with Crippen LogP contribution >= 0.6 is 0 Å². The number of hydrogen-bond acceptors (Lipinski definition) is 1. The maximum atomic E-state index is 12.1. The van der Waals surface area contributed by atoms with Crippen LogP contribution in [0.4, 0.5) is 0 Å². The number of rotatable bonds is 6. The van der Waals surface area contributed by atoms with Gasteiger partial charge in [0.1, 0.15) is 13.9 Å². The lowest BCUT2D eigenvalue weighted by Gasteiger charge is -2.30. The van der Waals surface area contributed by atoms with Crippen LogP contribution in [0, 0.1) is 5.92 Å². The maximum absolute atomic E-state index is 12.1. The third kappa shape index (κ3) is 3.86. The monoisotopic (exact) mass is 336 g/mol. The van der Waals surface area contributed by atoms with Crippen molar-refractivity contribution in [2.75, 3.05) is 0 Å². The molecule has 3 rings (SSSR count). The van der Waals surface area contributed by atoms with Crippen LogP contribution < -0.4 is 10.4 Å². The third-order valence-corrected chi connectivity index (χ3v) is 10.3. The van der Waals surface area contributed by atoms with Gasteiger partial charge in [-0.2, -0.15) is 0 Å². The highest BCUT2D eigenvalue weighted by atomic mass is 28.3. The van der Waals surface area contributed by atoms with Gasteiger partial charge >= 0.3 is 0 Å². The molecule has 1 nitrogen and oxygen atoms in total. The van der Waals surface area contributed by atoms with E-state index in [1.54, 1.807) is 0 Å². The van der Waals surface area contributed by atoms with Crippen molar-refractivity contribution in [3.63, 3.8) is 0 Å². The molecule has 126 valence electrons. The molecule has 0 aliphatic heterocycles. The summed E-state index contributed by atoms with van der Waals surface area (Å²) in [5, 5.41) is 3.01. The first-order chi connectivity index (χ1) is 11.7. The number of carbonyl (C=O) groups is 1. The van der Waals surface area contributed by atoms with E-state index >= 15 is 0 Å². The fourth-order valence-electron chi connectivity index (χ4n) is 4.13. The molecule has 0 saturated heterocycles. The van der Waals surface area contributed by atoms with Crippen molar-refractivity contribution in [2.45, 2.75) is 51.1 Å². The number of carbonyl (C=O) groups excluding carboxylic acids is 1. The largest absolute Gasteiger partial charge is 0.299 e. The van der Waals surface area contributed by atoms with E-state index < -0.39 is 8.07 Å². The Morgan fingerprint density at radius 3 is 2.04 bits per heavy atom. The van der Waals surface area contributed by atoms with Crippen molar-refractivity contribution >= 4 is 24.2 Å². The predicted molar refractivity (Wildman–Crippen MR) is 105 cm³/mol. The molecule has 2 aromatic carbocycles. The van der Waals surface area contributed by atoms with Crippen LogP contribution in [0.1, 0.15) is 38.5 Å². The smallest absolute Gasteiger partial charge is 0.135 e. The molecule has 24 heavy (non-hydrogen) atoms. The van der Waals surface area contributed by atoms with Gasteiger partial charge in [-0.05, 0) is 25.3 Å². The molecule has 0 heterocycles. The van der Waals surface area contributed by atoms with Crippen molar-refractivity contribution in [1.29, 1.82) is 0 Å². The average molecular weight is 337 g/mol. The summed E-state index contributed by atoms with van der Waals surface area (Å²) in [6.45, 7) is 2.49. The zero-order valence-electron chi connectivity index (χ0n) is 14.7. The summed E-state index contributed by atoms with van der Waals surface area (Å²) in [7, 11) is -1.72. The van der Waals surface area contributed by atoms with Crippen LogP contribution in [0.25, 0.3) is 0 Å². The maximum Gasteiger partial charge on any atom is 0.135 e. The van der Waals surface area contributed by atoms with Crippen molar-refractivity contribution in [3.05, 3.63) is 60.7 Å². The van der Waals surface area contributed by atoms with Gasteiger partial charge in [-0.15, -0.1) is 0 Å². The van der Waals surface area contributed by atoms with E-state index in [1.807, 2.05) is 0 Å². The van der Waals surface area contributed by atoms with Gasteiger partial charge in [0.25, 0.3) is 0 Å². The molecule has 1 aliphatic carbocycles. The topological polar surface area (TPSA) is 17.1 Å². The fraction of sp³-hybridized carbons (Fsp3) is 0.409. The Morgan fingerprint density at radius 2 is 1.50 bits per heavy atom. The Morgan fingerprint density at radius 1 is 0.917 bits per heavy atom. The quantitative estimate of drug-likeness (QED) is 0.714. The highest BCUT2D eigenvalue weighted by Crippen LogP contribution is 2.26. The van der Waals surface area contributed by atoms with E-state index in [1.165, 1.54) is 29.3 Å². The summed E-state index contributed by atoms with van der Waals surface area (Å²) < 4.78 is 0. The van der Waals surface area contributed by atoms with E-state index in [2.05, 4.69) is 67.2 Å². The molecule has 0 bridgehead atoms. The van der Waals surface area contributed by atoms with Crippen LogP contribution in [-0.2, 0) is 4.79 Å². The highest BCUT2D eigenvalue weighted by Gasteiger charge is 2.32. The second kappa shape index (κ2) is 7.93. The fourth-order valence-corrected chi connectivity index (χ4v) is 7.81. The van der Waals surface area contributed by atoms with Crippen LogP contribution in [0.2, 0.25) is 12.6 Å². The van der Waals surface area contributed by atoms with E-state index in [0.717, 1.165) is 25.7 Å². The van der Waals surface area contributed by atoms with Gasteiger partial charge < -0.3 is 0 Å². The summed E-state index contributed by atoms with van der Waals surface area (Å²) >= 11 is 0. The first-order valence-corrected chi connectivity index (χ1v) is 12.0. The van der Waals surface area contributed by atoms with E-state index in [-0.39, 0.29) is 0 Å². The second-order valence-electron chi connectivity index (χ2n) is 7.37. The Labute approximate surface area is 147 Å². The summed E-state index contributed by atoms with van der Waals surface area (Å²) in [5.74, 6) is 0.854. The molecular formula is C22H28OSi. The van der Waals surface area contributed by atoms with Gasteiger partial charge in [0.05, 0.1) is 0 Å². The van der Waals surface area contributed by atoms with Crippen molar-refractivity contribution < 1.29 is 4.79 Å². The second-order valence-corrected chi connectivity index (χ2v) is 11.7. The standard InChI is InChI=1S/C22H28OSi/c1-24(20-13-4-2-5-14-20,21-15-6-3-7-16-21)18-10-12-19-11-8-9-17-22(19)23/h2-7,13-16,19H,8-12,17-18H2,1H3. The molecule has 0 aromatic heterocycles. The Balaban J connectivity index is 1.75. The van der Waals surface area contributed by atoms with Crippen molar-refractivity contribution in [3.8, 4) is 0 Å². The minimum Gasteiger partial charge on any atom is -0.299 e. The number of hydrogen-bond donors (Lipinski definition) is 0. The van der Waals surface area contributed by atoms with Gasteiger partial charge in [0.2, 0.25) is 0 Å². The van der Waals surface area contributed by atoms with E-state index in [4.69, 9.17) is 0 Å². The predicted octanol–water partition coefficient (Wildman–Crippen LogP) is 4.42. The van der Waals surface area contributed by atoms with Crippen LogP contribution in [0.5, 0.6) is 0 Å². The number of ketones is 1. The summed E-state index contributed by atoms with van der Waals surface area (Å²) in [6, 6.07) is 23.3. The van der Waals surface area contributed by atoms with Crippen LogP contribution in [0.15, 0.2) is 60.7 Å². The molecule has 0 amide bonds. The van der Waals surface area contributed by atoms with Gasteiger partial charge in [-0.1, -0.05) is 90.4 Å². The van der Waals surface area contributed by atoms with Crippen LogP contribution in [0.3, 0.4) is 0 Å². The molecule has 0 N–H and O–H groups in total. The summed E-state index contributed by atoms with van der Waals surface area (Å²) in [6.07, 6.45) is 6.53. The van der Waals surface area contributed by atoms with E-state index in [9.17, 15) is 4.79 Å². The zero-order chi connectivity index (χ0) is 16.8. The molecule has 0 spiro atoms. The molecule has 2 aromatic rings. The Kier molecular flexibility index (Phi) is 5.67. The lowest BCUT2D eigenvalue weighted by Crippen LogP contribution is -2.55. The minimum atomic E-state index is -1.72. The molecule has 1 unspecified atom stereocenters. The lowest BCUT2D eigenvalue weighted by atomic mass is 9.85. The molecular weight excluding hydrogens is 308 g/mol. The Hall–Kier alpha value is -1.67. The first kappa shape index (κ1) is 17.2. The summed E-state index contributed by atoms with van der Waals surface area (Å²) in [4.78, 5) is 12.1. The molecule has 1 aliphatic rings. The molecule has 1 fully saturated rings. The van der Waals surface area contributed by atoms with Gasteiger partial charge in [-0.25, -0.2) is 0 Å². The minimum absolute atomic E-state index is 0.337. The normalized spacial score (nSPS) is 18.5. The van der Waals surface area contributed by atoms with Crippen molar-refractivity contribution in [1.82, 2.24) is 0 Å². The molecule has 1 saturated carbocycles. The SMILES string of the molecule is C[Si](CCCC1CCCCC1=O)(c1ccccc1)c1ccccc1. The molecule has 0 radical (unpaired) electrons. The average Bonchev–Trinajstić information content (AvgIpc) is 2.64. The van der Waals surface area contributed by atoms with Crippen LogP contribution in [-0.4, -0.2) is 13.9 Å². The van der Waals surface area contributed by atoms with Crippen molar-refractivity contribution in [2.24, 2.45) is 5.92 Å². The van der Waals surface area contributed by atoms with Gasteiger partial charge in [-0.3, -0.25) is 4.79 Å². The Bertz CT molecular complexity index is 611. The highest BCUT2D eigenvalue weighted by molar-refractivity contribution is 7.01. The summed E-state index contributed by atoms with van der Waals surface area (Å²) in [5.41, 5.74) is 0. The van der Waals surface area contributed by atoms with Gasteiger partial charge in [0.15, 0.2) is 0 Å². The number of benzene rings is 2. The number of Topliss-reactive ketones (excluding diaryl/α,β-unsaturated/α-hetero) is 1. The van der Waals surface area contributed by atoms with Gasteiger partial charge in [0, 0.05) is 12.3 Å². The first-order valence-electron chi connectivity index (χ1n) is 9.34. The molecule has 2 heteroatoms. The zero-order valence-corrected chi connectivity index (χ0v) is 15.7. The molecule has 1 atom stereocenters. The lowest BCUT2D eigenvalue weighted by molar-refractivity contribution is -0.124.